The second-order valence-electron chi connectivity index (χ2n) is 5.03. The Balaban J connectivity index is 2.21. The Morgan fingerprint density at radius 3 is 2.50 bits per heavy atom. The lowest BCUT2D eigenvalue weighted by Gasteiger charge is -2.33. The maximum atomic E-state index is 9.16. The van der Waals surface area contributed by atoms with Crippen molar-refractivity contribution in [2.24, 2.45) is 11.7 Å². The number of aliphatic hydroxyl groups excluding tert-OH is 1. The third-order valence-electron chi connectivity index (χ3n) is 3.94. The van der Waals surface area contributed by atoms with Crippen LogP contribution >= 0.6 is 0 Å². The maximum absolute atomic E-state index is 9.16. The quantitative estimate of drug-likeness (QED) is 0.828. The number of aliphatic hydroxyl groups is 1. The van der Waals surface area contributed by atoms with E-state index in [0.29, 0.717) is 12.5 Å². The zero-order valence-electron chi connectivity index (χ0n) is 11.2. The van der Waals surface area contributed by atoms with E-state index in [4.69, 9.17) is 10.8 Å². The molecule has 0 spiro atoms. The Morgan fingerprint density at radius 2 is 1.94 bits per heavy atom. The van der Waals surface area contributed by atoms with E-state index in [0.717, 1.165) is 48.6 Å². The van der Waals surface area contributed by atoms with Crippen LogP contribution in [0.5, 0.6) is 0 Å². The molecule has 1 fully saturated rings. The van der Waals surface area contributed by atoms with Gasteiger partial charge in [0.05, 0.1) is 5.69 Å². The first kappa shape index (κ1) is 13.2. The molecule has 0 aliphatic carbocycles. The number of rotatable bonds is 3. The molecule has 3 N–H and O–H groups in total. The molecule has 18 heavy (non-hydrogen) atoms. The second-order valence-corrected chi connectivity index (χ2v) is 5.03. The minimum absolute atomic E-state index is 0.288. The van der Waals surface area contributed by atoms with Crippen molar-refractivity contribution in [3.63, 3.8) is 0 Å². The normalized spacial score (nSPS) is 17.2. The molecule has 1 saturated heterocycles. The lowest BCUT2D eigenvalue weighted by atomic mass is 9.97. The van der Waals surface area contributed by atoms with E-state index in [1.165, 1.54) is 0 Å². The van der Waals surface area contributed by atoms with Gasteiger partial charge in [0.25, 0.3) is 0 Å². The summed E-state index contributed by atoms with van der Waals surface area (Å²) in [5, 5.41) is 17.7. The highest BCUT2D eigenvalue weighted by Gasteiger charge is 2.22. The van der Waals surface area contributed by atoms with Gasteiger partial charge < -0.3 is 15.7 Å². The molecule has 5 nitrogen and oxygen atoms in total. The summed E-state index contributed by atoms with van der Waals surface area (Å²) in [6.45, 7) is 6.65. The Bertz CT molecular complexity index is 414. The van der Waals surface area contributed by atoms with E-state index in [2.05, 4.69) is 22.0 Å². The van der Waals surface area contributed by atoms with Crippen LogP contribution in [0.4, 0.5) is 5.82 Å². The number of aryl methyl sites for hydroxylation is 1. The van der Waals surface area contributed by atoms with Crippen molar-refractivity contribution >= 4 is 5.82 Å². The molecule has 2 rings (SSSR count). The zero-order chi connectivity index (χ0) is 13.1. The summed E-state index contributed by atoms with van der Waals surface area (Å²) < 4.78 is 0. The first-order valence-electron chi connectivity index (χ1n) is 6.56. The van der Waals surface area contributed by atoms with Crippen LogP contribution < -0.4 is 10.6 Å². The monoisotopic (exact) mass is 250 g/mol. The number of nitrogens with zero attached hydrogens (tertiary/aromatic N) is 3. The third kappa shape index (κ3) is 2.47. The molecule has 5 heteroatoms. The molecular formula is C13H22N4O. The molecule has 0 aromatic carbocycles. The Kier molecular flexibility index (Phi) is 4.14. The van der Waals surface area contributed by atoms with E-state index >= 15 is 0 Å². The first-order valence-corrected chi connectivity index (χ1v) is 6.56. The molecule has 0 saturated carbocycles. The smallest absolute Gasteiger partial charge is 0.156 e. The summed E-state index contributed by atoms with van der Waals surface area (Å²) in [6, 6.07) is 0. The van der Waals surface area contributed by atoms with Crippen LogP contribution in [0.15, 0.2) is 0 Å². The van der Waals surface area contributed by atoms with Gasteiger partial charge in [-0.2, -0.15) is 5.10 Å². The van der Waals surface area contributed by atoms with Crippen molar-refractivity contribution in [2.75, 3.05) is 24.6 Å². The van der Waals surface area contributed by atoms with Gasteiger partial charge in [0, 0.05) is 31.8 Å². The van der Waals surface area contributed by atoms with Gasteiger partial charge in [0.15, 0.2) is 5.82 Å². The van der Waals surface area contributed by atoms with Crippen molar-refractivity contribution in [3.05, 3.63) is 16.8 Å². The number of anilines is 1. The molecule has 1 aromatic heterocycles. The summed E-state index contributed by atoms with van der Waals surface area (Å²) in [5.74, 6) is 1.36. The summed E-state index contributed by atoms with van der Waals surface area (Å²) >= 11 is 0. The Hall–Kier alpha value is -1.20. The molecule has 1 aliphatic heterocycles. The molecule has 1 aliphatic rings. The number of nitrogens with two attached hydrogens (primary N) is 1. The average Bonchev–Trinajstić information content (AvgIpc) is 2.42. The average molecular weight is 250 g/mol. The zero-order valence-corrected chi connectivity index (χ0v) is 11.2. The van der Waals surface area contributed by atoms with Crippen LogP contribution in [0.3, 0.4) is 0 Å². The van der Waals surface area contributed by atoms with Crippen LogP contribution in [-0.2, 0) is 6.54 Å². The van der Waals surface area contributed by atoms with Crippen molar-refractivity contribution in [1.29, 1.82) is 0 Å². The number of hydrogen-bond donors (Lipinski definition) is 2. The summed E-state index contributed by atoms with van der Waals surface area (Å²) in [6.07, 6.45) is 2.02. The fourth-order valence-corrected chi connectivity index (χ4v) is 2.47. The van der Waals surface area contributed by atoms with Crippen LogP contribution in [0, 0.1) is 19.8 Å². The molecule has 1 aromatic rings. The highest BCUT2D eigenvalue weighted by Crippen LogP contribution is 2.26. The van der Waals surface area contributed by atoms with E-state index in [9.17, 15) is 0 Å². The lowest BCUT2D eigenvalue weighted by molar-refractivity contribution is 0.202. The standard InChI is InChI=1S/C13H22N4O/c1-9-10(2)15-16-13(12(9)7-14)17-5-3-11(8-18)4-6-17/h11,18H,3-8,14H2,1-2H3. The van der Waals surface area contributed by atoms with Crippen LogP contribution in [-0.4, -0.2) is 35.0 Å². The topological polar surface area (TPSA) is 75.3 Å². The van der Waals surface area contributed by atoms with Gasteiger partial charge in [-0.1, -0.05) is 0 Å². The van der Waals surface area contributed by atoms with E-state index in [1.54, 1.807) is 0 Å². The third-order valence-corrected chi connectivity index (χ3v) is 3.94. The second kappa shape index (κ2) is 5.63. The number of piperidine rings is 1. The highest BCUT2D eigenvalue weighted by atomic mass is 16.3. The maximum Gasteiger partial charge on any atom is 0.156 e. The summed E-state index contributed by atoms with van der Waals surface area (Å²) in [4.78, 5) is 2.24. The molecule has 0 atom stereocenters. The lowest BCUT2D eigenvalue weighted by Crippen LogP contribution is -2.36. The van der Waals surface area contributed by atoms with Crippen LogP contribution in [0.2, 0.25) is 0 Å². The summed E-state index contributed by atoms with van der Waals surface area (Å²) in [5.41, 5.74) is 9.04. The molecule has 0 radical (unpaired) electrons. The largest absolute Gasteiger partial charge is 0.396 e. The van der Waals surface area contributed by atoms with Gasteiger partial charge in [-0.15, -0.1) is 5.10 Å². The number of hydrogen-bond acceptors (Lipinski definition) is 5. The van der Waals surface area contributed by atoms with Crippen molar-refractivity contribution in [1.82, 2.24) is 10.2 Å². The molecule has 100 valence electrons. The predicted octanol–water partition coefficient (Wildman–Crippen LogP) is 0.761. The van der Waals surface area contributed by atoms with Gasteiger partial charge in [0.1, 0.15) is 0 Å². The fraction of sp³-hybridized carbons (Fsp3) is 0.692. The molecule has 0 unspecified atom stereocenters. The van der Waals surface area contributed by atoms with Crippen molar-refractivity contribution in [2.45, 2.75) is 33.2 Å². The minimum atomic E-state index is 0.288. The predicted molar refractivity (Wildman–Crippen MR) is 71.4 cm³/mol. The molecule has 0 bridgehead atoms. The van der Waals surface area contributed by atoms with Gasteiger partial charge >= 0.3 is 0 Å². The van der Waals surface area contributed by atoms with Gasteiger partial charge in [-0.05, 0) is 38.2 Å². The molecule has 0 amide bonds. The van der Waals surface area contributed by atoms with Crippen LogP contribution in [0.25, 0.3) is 0 Å². The SMILES string of the molecule is Cc1nnc(N2CCC(CO)CC2)c(CN)c1C. The van der Waals surface area contributed by atoms with Crippen molar-refractivity contribution in [3.8, 4) is 0 Å². The summed E-state index contributed by atoms with van der Waals surface area (Å²) in [7, 11) is 0. The fourth-order valence-electron chi connectivity index (χ4n) is 2.47. The minimum Gasteiger partial charge on any atom is -0.396 e. The van der Waals surface area contributed by atoms with E-state index in [-0.39, 0.29) is 6.61 Å². The molecule has 2 heterocycles. The molecular weight excluding hydrogens is 228 g/mol. The number of aromatic nitrogens is 2. The van der Waals surface area contributed by atoms with E-state index in [1.807, 2.05) is 6.92 Å². The Morgan fingerprint density at radius 1 is 1.28 bits per heavy atom. The van der Waals surface area contributed by atoms with Gasteiger partial charge in [0.2, 0.25) is 0 Å². The van der Waals surface area contributed by atoms with Gasteiger partial charge in [-0.25, -0.2) is 0 Å². The van der Waals surface area contributed by atoms with E-state index < -0.39 is 0 Å². The first-order chi connectivity index (χ1) is 8.67. The highest BCUT2D eigenvalue weighted by molar-refractivity contribution is 5.50. The van der Waals surface area contributed by atoms with Crippen LogP contribution in [0.1, 0.15) is 29.7 Å². The Labute approximate surface area is 108 Å². The van der Waals surface area contributed by atoms with Crippen molar-refractivity contribution < 1.29 is 5.11 Å². The van der Waals surface area contributed by atoms with Gasteiger partial charge in [-0.3, -0.25) is 0 Å².